The lowest BCUT2D eigenvalue weighted by Crippen LogP contribution is -2.15. The van der Waals surface area contributed by atoms with Crippen molar-refractivity contribution in [1.29, 1.82) is 0 Å². The second-order valence-electron chi connectivity index (χ2n) is 16.9. The van der Waals surface area contributed by atoms with Gasteiger partial charge in [-0.1, -0.05) is 159 Å². The first-order valence-electron chi connectivity index (χ1n) is 21.0. The lowest BCUT2D eigenvalue weighted by molar-refractivity contribution is 0.659. The molecular formula is C58H41NS. The molecule has 284 valence electrons. The summed E-state index contributed by atoms with van der Waals surface area (Å²) in [4.78, 5) is 0. The highest BCUT2D eigenvalue weighted by molar-refractivity contribution is 7.26. The van der Waals surface area contributed by atoms with E-state index in [-0.39, 0.29) is 5.41 Å². The fraction of sp³-hybridized carbons (Fsp3) is 0.0690. The molecule has 1 nitrogen and oxygen atoms in total. The third-order valence-corrected chi connectivity index (χ3v) is 14.1. The Hall–Kier alpha value is -7.00. The van der Waals surface area contributed by atoms with Crippen LogP contribution in [0.1, 0.15) is 41.7 Å². The van der Waals surface area contributed by atoms with Crippen molar-refractivity contribution in [2.75, 3.05) is 0 Å². The first-order valence-corrected chi connectivity index (χ1v) is 21.8. The van der Waals surface area contributed by atoms with Crippen LogP contribution in [0.3, 0.4) is 0 Å². The molecule has 1 aliphatic carbocycles. The summed E-state index contributed by atoms with van der Waals surface area (Å²) in [6.45, 7) is 4.75. The highest BCUT2D eigenvalue weighted by Crippen LogP contribution is 2.49. The smallest absolute Gasteiger partial charge is 0.0547 e. The zero-order valence-corrected chi connectivity index (χ0v) is 34.4. The molecule has 0 bridgehead atoms. The number of allylic oxidation sites excluding steroid dienone is 1. The average molecular weight is 784 g/mol. The molecule has 0 saturated carbocycles. The summed E-state index contributed by atoms with van der Waals surface area (Å²) >= 11 is 1.89. The second kappa shape index (κ2) is 13.5. The largest absolute Gasteiger partial charge is 0.309 e. The third-order valence-electron chi connectivity index (χ3n) is 13.0. The molecule has 0 spiro atoms. The zero-order valence-electron chi connectivity index (χ0n) is 33.6. The van der Waals surface area contributed by atoms with E-state index in [1.165, 1.54) is 114 Å². The molecule has 0 aliphatic heterocycles. The Bertz CT molecular complexity index is 3530. The minimum absolute atomic E-state index is 0.0595. The van der Waals surface area contributed by atoms with Crippen LogP contribution in [-0.4, -0.2) is 4.57 Å². The molecule has 60 heavy (non-hydrogen) atoms. The van der Waals surface area contributed by atoms with E-state index in [4.69, 9.17) is 0 Å². The number of rotatable bonds is 6. The van der Waals surface area contributed by atoms with Gasteiger partial charge in [-0.15, -0.1) is 11.3 Å². The molecule has 2 heterocycles. The van der Waals surface area contributed by atoms with Crippen molar-refractivity contribution in [3.8, 4) is 27.9 Å². The fourth-order valence-corrected chi connectivity index (χ4v) is 11.2. The summed E-state index contributed by atoms with van der Waals surface area (Å²) in [5.74, 6) is 0. The molecule has 0 N–H and O–H groups in total. The van der Waals surface area contributed by atoms with E-state index in [0.717, 1.165) is 6.42 Å². The van der Waals surface area contributed by atoms with Crippen LogP contribution >= 0.6 is 11.3 Å². The SMILES string of the molecule is CC1(C)c2ccccc2-c2ccc(CC(=Cc3cccc(-c4ccccc4)c3)c3ccc4c(c3)c3cc5c(ccc6sc7ccccc7c65)cc3n4-c3ccccc3)cc21. The summed E-state index contributed by atoms with van der Waals surface area (Å²) in [6.07, 6.45) is 3.23. The lowest BCUT2D eigenvalue weighted by atomic mass is 9.81. The molecule has 0 amide bonds. The zero-order chi connectivity index (χ0) is 40.0. The Labute approximate surface area is 354 Å². The van der Waals surface area contributed by atoms with Gasteiger partial charge in [0, 0.05) is 42.0 Å². The maximum atomic E-state index is 2.48. The van der Waals surface area contributed by atoms with E-state index in [1.54, 1.807) is 0 Å². The van der Waals surface area contributed by atoms with Gasteiger partial charge in [-0.2, -0.15) is 0 Å². The van der Waals surface area contributed by atoms with Gasteiger partial charge in [0.25, 0.3) is 0 Å². The molecular weight excluding hydrogens is 743 g/mol. The van der Waals surface area contributed by atoms with Crippen molar-refractivity contribution in [3.05, 3.63) is 222 Å². The number of aromatic nitrogens is 1. The second-order valence-corrected chi connectivity index (χ2v) is 18.0. The minimum atomic E-state index is -0.0595. The Balaban J connectivity index is 1.08. The molecule has 9 aromatic carbocycles. The van der Waals surface area contributed by atoms with Crippen LogP contribution < -0.4 is 0 Å². The van der Waals surface area contributed by atoms with Crippen LogP contribution in [0.2, 0.25) is 0 Å². The Morgan fingerprint density at radius 1 is 0.517 bits per heavy atom. The third kappa shape index (κ3) is 5.52. The predicted molar refractivity (Wildman–Crippen MR) is 259 cm³/mol. The number of thiophene rings is 1. The molecule has 0 saturated heterocycles. The molecule has 1 aliphatic rings. The molecule has 0 unspecified atom stereocenters. The molecule has 0 atom stereocenters. The van der Waals surface area contributed by atoms with E-state index >= 15 is 0 Å². The van der Waals surface area contributed by atoms with Crippen molar-refractivity contribution in [1.82, 2.24) is 4.57 Å². The van der Waals surface area contributed by atoms with Crippen LogP contribution in [-0.2, 0) is 11.8 Å². The Kier molecular flexibility index (Phi) is 7.89. The summed E-state index contributed by atoms with van der Waals surface area (Å²) < 4.78 is 5.12. The predicted octanol–water partition coefficient (Wildman–Crippen LogP) is 16.1. The number of hydrogen-bond acceptors (Lipinski definition) is 1. The number of fused-ring (bicyclic) bond motifs is 11. The monoisotopic (exact) mass is 783 g/mol. The van der Waals surface area contributed by atoms with E-state index in [2.05, 4.69) is 219 Å². The Morgan fingerprint density at radius 3 is 2.15 bits per heavy atom. The normalized spacial score (nSPS) is 13.5. The van der Waals surface area contributed by atoms with Crippen molar-refractivity contribution < 1.29 is 0 Å². The van der Waals surface area contributed by atoms with Gasteiger partial charge >= 0.3 is 0 Å². The van der Waals surface area contributed by atoms with Crippen molar-refractivity contribution in [2.45, 2.75) is 25.7 Å². The molecule has 11 aromatic rings. The number of hydrogen-bond donors (Lipinski definition) is 0. The van der Waals surface area contributed by atoms with Gasteiger partial charge in [-0.3, -0.25) is 0 Å². The number of para-hydroxylation sites is 1. The van der Waals surface area contributed by atoms with Gasteiger partial charge in [-0.25, -0.2) is 0 Å². The highest BCUT2D eigenvalue weighted by Gasteiger charge is 2.35. The average Bonchev–Trinajstić information content (AvgIpc) is 3.91. The van der Waals surface area contributed by atoms with Gasteiger partial charge in [0.05, 0.1) is 11.0 Å². The van der Waals surface area contributed by atoms with Crippen molar-refractivity contribution in [2.24, 2.45) is 0 Å². The van der Waals surface area contributed by atoms with Crippen LogP contribution in [0.4, 0.5) is 0 Å². The topological polar surface area (TPSA) is 4.93 Å². The van der Waals surface area contributed by atoms with Crippen molar-refractivity contribution >= 4 is 75.7 Å². The molecule has 12 rings (SSSR count). The molecule has 0 fully saturated rings. The fourth-order valence-electron chi connectivity index (χ4n) is 10.1. The Morgan fingerprint density at radius 2 is 1.27 bits per heavy atom. The highest BCUT2D eigenvalue weighted by atomic mass is 32.1. The van der Waals surface area contributed by atoms with Crippen LogP contribution in [0, 0.1) is 0 Å². The minimum Gasteiger partial charge on any atom is -0.309 e. The molecule has 2 aromatic heterocycles. The molecule has 2 heteroatoms. The van der Waals surface area contributed by atoms with E-state index in [9.17, 15) is 0 Å². The number of nitrogens with zero attached hydrogens (tertiary/aromatic N) is 1. The van der Waals surface area contributed by atoms with Gasteiger partial charge < -0.3 is 4.57 Å². The van der Waals surface area contributed by atoms with Crippen molar-refractivity contribution in [3.63, 3.8) is 0 Å². The lowest BCUT2D eigenvalue weighted by Gasteiger charge is -2.22. The van der Waals surface area contributed by atoms with Gasteiger partial charge in [0.2, 0.25) is 0 Å². The van der Waals surface area contributed by atoms with Gasteiger partial charge in [0.1, 0.15) is 0 Å². The van der Waals surface area contributed by atoms with Crippen LogP contribution in [0.25, 0.3) is 92.3 Å². The van der Waals surface area contributed by atoms with E-state index in [1.807, 2.05) is 11.3 Å². The first-order chi connectivity index (χ1) is 29.5. The first kappa shape index (κ1) is 35.0. The summed E-state index contributed by atoms with van der Waals surface area (Å²) in [5, 5.41) is 7.79. The van der Waals surface area contributed by atoms with Gasteiger partial charge in [0.15, 0.2) is 0 Å². The van der Waals surface area contributed by atoms with Gasteiger partial charge in [-0.05, 0) is 127 Å². The van der Waals surface area contributed by atoms with E-state index < -0.39 is 0 Å². The maximum absolute atomic E-state index is 2.48. The summed E-state index contributed by atoms with van der Waals surface area (Å²) in [7, 11) is 0. The van der Waals surface area contributed by atoms with E-state index in [0.29, 0.717) is 0 Å². The summed E-state index contributed by atoms with van der Waals surface area (Å²) in [6, 6.07) is 72.2. The number of benzene rings is 9. The molecule has 0 radical (unpaired) electrons. The quantitative estimate of drug-likeness (QED) is 0.148. The standard InChI is InChI=1S/C58H41NS/c1-58(2)51-22-11-9-20-45(51)46-27-24-38(33-52(46)58)32-43(31-37-14-13-17-40(30-37)39-15-5-3-6-16-39)41-25-28-53-49(34-41)50-36-48-42(35-54(50)59(53)44-18-7-4-8-19-44)26-29-56-57(48)47-21-10-12-23-55(47)60-56/h3-31,33-36H,32H2,1-2H3. The van der Waals surface area contributed by atoms with Crippen LogP contribution in [0.15, 0.2) is 194 Å². The maximum Gasteiger partial charge on any atom is 0.0547 e. The van der Waals surface area contributed by atoms with Crippen LogP contribution in [0.5, 0.6) is 0 Å². The summed E-state index contributed by atoms with van der Waals surface area (Å²) in [5.41, 5.74) is 16.6.